The number of carbonyl (C=O) groups excluding carboxylic acids is 1. The number of anilines is 1. The molecule has 0 unspecified atom stereocenters. The third-order valence-electron chi connectivity index (χ3n) is 6.17. The molecule has 2 heterocycles. The van der Waals surface area contributed by atoms with Gasteiger partial charge in [-0.05, 0) is 49.1 Å². The lowest BCUT2D eigenvalue weighted by Gasteiger charge is -2.45. The molecular formula is C23H29N3O2. The van der Waals surface area contributed by atoms with Gasteiger partial charge >= 0.3 is 0 Å². The maximum absolute atomic E-state index is 12.7. The largest absolute Gasteiger partial charge is 0.382 e. The fourth-order valence-electron chi connectivity index (χ4n) is 4.31. The molecule has 0 radical (unpaired) electrons. The van der Waals surface area contributed by atoms with Crippen molar-refractivity contribution in [2.45, 2.75) is 51.2 Å². The maximum Gasteiger partial charge on any atom is 0.230 e. The van der Waals surface area contributed by atoms with Crippen LogP contribution in [0.4, 0.5) is 5.69 Å². The van der Waals surface area contributed by atoms with Gasteiger partial charge < -0.3 is 10.4 Å². The first-order chi connectivity index (χ1) is 13.6. The molecule has 0 bridgehead atoms. The van der Waals surface area contributed by atoms with Crippen molar-refractivity contribution in [1.29, 1.82) is 0 Å². The number of aliphatic hydroxyl groups excluding tert-OH is 1. The number of aliphatic hydroxyl groups is 1. The van der Waals surface area contributed by atoms with Gasteiger partial charge in [-0.3, -0.25) is 14.7 Å². The number of amides is 1. The first-order valence-electron chi connectivity index (χ1n) is 10.4. The summed E-state index contributed by atoms with van der Waals surface area (Å²) in [4.78, 5) is 19.4. The first-order valence-corrected chi connectivity index (χ1v) is 10.4. The number of nitrogens with zero attached hydrogens (tertiary/aromatic N) is 2. The number of benzene rings is 1. The van der Waals surface area contributed by atoms with E-state index in [-0.39, 0.29) is 11.8 Å². The SMILES string of the molecule is Cc1ccc([C@H](O)c2ccccn2)cc1NC(=O)C1CN(C2CCCCC2)C1. The van der Waals surface area contributed by atoms with Gasteiger partial charge in [0.25, 0.3) is 0 Å². The quantitative estimate of drug-likeness (QED) is 0.832. The van der Waals surface area contributed by atoms with Crippen molar-refractivity contribution in [3.8, 4) is 0 Å². The van der Waals surface area contributed by atoms with E-state index in [1.54, 1.807) is 12.3 Å². The molecule has 0 spiro atoms. The molecule has 1 amide bonds. The number of hydrogen-bond donors (Lipinski definition) is 2. The van der Waals surface area contributed by atoms with Gasteiger partial charge in [0.05, 0.1) is 11.6 Å². The minimum atomic E-state index is -0.803. The summed E-state index contributed by atoms with van der Waals surface area (Å²) in [6.45, 7) is 3.71. The summed E-state index contributed by atoms with van der Waals surface area (Å²) in [6, 6.07) is 11.9. The molecule has 2 fully saturated rings. The number of likely N-dealkylation sites (tertiary alicyclic amines) is 1. The van der Waals surface area contributed by atoms with Gasteiger partial charge in [-0.25, -0.2) is 0 Å². The van der Waals surface area contributed by atoms with Crippen LogP contribution in [0, 0.1) is 12.8 Å². The highest BCUT2D eigenvalue weighted by Gasteiger charge is 2.37. The minimum absolute atomic E-state index is 0.0608. The van der Waals surface area contributed by atoms with Crippen molar-refractivity contribution >= 4 is 11.6 Å². The van der Waals surface area contributed by atoms with Crippen molar-refractivity contribution in [3.05, 3.63) is 59.4 Å². The molecule has 1 aliphatic carbocycles. The highest BCUT2D eigenvalue weighted by molar-refractivity contribution is 5.94. The van der Waals surface area contributed by atoms with Crippen LogP contribution in [-0.2, 0) is 4.79 Å². The van der Waals surface area contributed by atoms with E-state index in [2.05, 4.69) is 15.2 Å². The van der Waals surface area contributed by atoms with E-state index in [0.29, 0.717) is 11.7 Å². The third kappa shape index (κ3) is 4.10. The fourth-order valence-corrected chi connectivity index (χ4v) is 4.31. The lowest BCUT2D eigenvalue weighted by Crippen LogP contribution is -2.56. The van der Waals surface area contributed by atoms with Crippen molar-refractivity contribution in [2.24, 2.45) is 5.92 Å². The van der Waals surface area contributed by atoms with Gasteiger partial charge in [-0.1, -0.05) is 37.5 Å². The number of pyridine rings is 1. The van der Waals surface area contributed by atoms with E-state index in [9.17, 15) is 9.90 Å². The Labute approximate surface area is 166 Å². The summed E-state index contributed by atoms with van der Waals surface area (Å²) >= 11 is 0. The molecule has 5 heteroatoms. The van der Waals surface area contributed by atoms with Gasteiger partial charge in [0.15, 0.2) is 0 Å². The highest BCUT2D eigenvalue weighted by atomic mass is 16.3. The average molecular weight is 380 g/mol. The van der Waals surface area contributed by atoms with E-state index in [0.717, 1.165) is 29.9 Å². The van der Waals surface area contributed by atoms with Crippen LogP contribution in [0.5, 0.6) is 0 Å². The van der Waals surface area contributed by atoms with Crippen LogP contribution < -0.4 is 5.32 Å². The zero-order chi connectivity index (χ0) is 19.5. The van der Waals surface area contributed by atoms with Gasteiger partial charge in [0, 0.05) is 31.0 Å². The van der Waals surface area contributed by atoms with Crippen molar-refractivity contribution in [3.63, 3.8) is 0 Å². The zero-order valence-corrected chi connectivity index (χ0v) is 16.5. The van der Waals surface area contributed by atoms with Crippen LogP contribution in [0.3, 0.4) is 0 Å². The first kappa shape index (κ1) is 19.1. The van der Waals surface area contributed by atoms with Gasteiger partial charge in [-0.2, -0.15) is 0 Å². The molecule has 5 nitrogen and oxygen atoms in total. The highest BCUT2D eigenvalue weighted by Crippen LogP contribution is 2.30. The second-order valence-electron chi connectivity index (χ2n) is 8.16. The van der Waals surface area contributed by atoms with Crippen LogP contribution >= 0.6 is 0 Å². The molecule has 28 heavy (non-hydrogen) atoms. The molecule has 2 aromatic rings. The summed E-state index contributed by atoms with van der Waals surface area (Å²) in [5, 5.41) is 13.7. The van der Waals surface area contributed by atoms with Crippen molar-refractivity contribution < 1.29 is 9.90 Å². The van der Waals surface area contributed by atoms with Crippen LogP contribution in [0.2, 0.25) is 0 Å². The average Bonchev–Trinajstić information content (AvgIpc) is 2.69. The summed E-state index contributed by atoms with van der Waals surface area (Å²) in [7, 11) is 0. The normalized spacial score (nSPS) is 19.8. The van der Waals surface area contributed by atoms with E-state index < -0.39 is 6.10 Å². The van der Waals surface area contributed by atoms with Crippen molar-refractivity contribution in [1.82, 2.24) is 9.88 Å². The third-order valence-corrected chi connectivity index (χ3v) is 6.17. The summed E-state index contributed by atoms with van der Waals surface area (Å²) in [5.41, 5.74) is 3.10. The van der Waals surface area contributed by atoms with E-state index >= 15 is 0 Å². The Bertz CT molecular complexity index is 812. The molecule has 4 rings (SSSR count). The summed E-state index contributed by atoms with van der Waals surface area (Å²) in [5.74, 6) is 0.144. The number of aromatic nitrogens is 1. The second-order valence-corrected chi connectivity index (χ2v) is 8.16. The molecule has 1 saturated carbocycles. The topological polar surface area (TPSA) is 65.5 Å². The second kappa shape index (κ2) is 8.41. The Hall–Kier alpha value is -2.24. The molecule has 1 saturated heterocycles. The van der Waals surface area contributed by atoms with Crippen LogP contribution in [-0.4, -0.2) is 40.0 Å². The minimum Gasteiger partial charge on any atom is -0.382 e. The van der Waals surface area contributed by atoms with Crippen molar-refractivity contribution in [2.75, 3.05) is 18.4 Å². The molecule has 148 valence electrons. The molecule has 2 aliphatic rings. The van der Waals surface area contributed by atoms with Gasteiger partial charge in [0.1, 0.15) is 6.10 Å². The predicted molar refractivity (Wildman–Crippen MR) is 110 cm³/mol. The monoisotopic (exact) mass is 379 g/mol. The number of aryl methyl sites for hydroxylation is 1. The molecule has 2 N–H and O–H groups in total. The fraction of sp³-hybridized carbons (Fsp3) is 0.478. The van der Waals surface area contributed by atoms with Crippen LogP contribution in [0.1, 0.15) is 55.0 Å². The van der Waals surface area contributed by atoms with Gasteiger partial charge in [-0.15, -0.1) is 0 Å². The molecule has 1 aromatic heterocycles. The number of rotatable bonds is 5. The summed E-state index contributed by atoms with van der Waals surface area (Å²) < 4.78 is 0. The number of hydrogen-bond acceptors (Lipinski definition) is 4. The van der Waals surface area contributed by atoms with E-state index in [1.165, 1.54) is 32.1 Å². The Morgan fingerprint density at radius 2 is 1.96 bits per heavy atom. The summed E-state index contributed by atoms with van der Waals surface area (Å²) in [6.07, 6.45) is 7.42. The molecular weight excluding hydrogens is 350 g/mol. The number of carbonyl (C=O) groups is 1. The lowest BCUT2D eigenvalue weighted by atomic mass is 9.88. The lowest BCUT2D eigenvalue weighted by molar-refractivity contribution is -0.126. The smallest absolute Gasteiger partial charge is 0.230 e. The standard InChI is InChI=1S/C23H29N3O2/c1-16-10-11-17(22(27)20-9-5-6-12-24-20)13-21(16)25-23(28)18-14-26(15-18)19-7-3-2-4-8-19/h5-6,9-13,18-19,22,27H,2-4,7-8,14-15H2,1H3,(H,25,28)/t22-/m0/s1. The van der Waals surface area contributed by atoms with Gasteiger partial charge in [0.2, 0.25) is 5.91 Å². The zero-order valence-electron chi connectivity index (χ0n) is 16.5. The Morgan fingerprint density at radius 1 is 1.18 bits per heavy atom. The van der Waals surface area contributed by atoms with E-state index in [4.69, 9.17) is 0 Å². The number of nitrogens with one attached hydrogen (secondary N) is 1. The maximum atomic E-state index is 12.7. The molecule has 1 aromatic carbocycles. The molecule has 1 atom stereocenters. The Morgan fingerprint density at radius 3 is 2.68 bits per heavy atom. The van der Waals surface area contributed by atoms with E-state index in [1.807, 2.05) is 37.3 Å². The Kier molecular flexibility index (Phi) is 5.74. The Balaban J connectivity index is 1.38. The van der Waals surface area contributed by atoms with Crippen LogP contribution in [0.15, 0.2) is 42.6 Å². The molecule has 1 aliphatic heterocycles. The van der Waals surface area contributed by atoms with Crippen LogP contribution in [0.25, 0.3) is 0 Å². The predicted octanol–water partition coefficient (Wildman–Crippen LogP) is 3.67.